The van der Waals surface area contributed by atoms with Gasteiger partial charge in [0.2, 0.25) is 0 Å². The van der Waals surface area contributed by atoms with E-state index in [1.165, 1.54) is 12.7 Å². The number of hydrogen-bond donors (Lipinski definition) is 0. The molecule has 3 heteroatoms. The monoisotopic (exact) mass is 193 g/mol. The van der Waals surface area contributed by atoms with Crippen LogP contribution < -0.4 is 0 Å². The molecular weight excluding hydrogens is 178 g/mol. The van der Waals surface area contributed by atoms with Crippen LogP contribution in [0.3, 0.4) is 0 Å². The second-order valence-electron chi connectivity index (χ2n) is 3.10. The summed E-state index contributed by atoms with van der Waals surface area (Å²) in [5, 5.41) is 0. The standard InChI is InChI=1S/C11H15NO2/c1-4-9-6-7-12(11(13)14-3)8-10(9)5-2/h4-5H,1-2,6-8H2,3H3. The van der Waals surface area contributed by atoms with Crippen molar-refractivity contribution in [3.05, 3.63) is 36.5 Å². The lowest BCUT2D eigenvalue weighted by Crippen LogP contribution is -2.36. The molecule has 1 heterocycles. The fourth-order valence-corrected chi connectivity index (χ4v) is 1.52. The lowest BCUT2D eigenvalue weighted by Gasteiger charge is -2.27. The van der Waals surface area contributed by atoms with Gasteiger partial charge in [-0.1, -0.05) is 25.3 Å². The van der Waals surface area contributed by atoms with Gasteiger partial charge in [-0.2, -0.15) is 0 Å². The highest BCUT2D eigenvalue weighted by Crippen LogP contribution is 2.19. The molecule has 1 aliphatic rings. The van der Waals surface area contributed by atoms with Crippen LogP contribution in [0.4, 0.5) is 4.79 Å². The van der Waals surface area contributed by atoms with Crippen molar-refractivity contribution < 1.29 is 9.53 Å². The summed E-state index contributed by atoms with van der Waals surface area (Å²) in [4.78, 5) is 12.9. The van der Waals surface area contributed by atoms with Gasteiger partial charge in [0.25, 0.3) is 0 Å². The summed E-state index contributed by atoms with van der Waals surface area (Å²) in [5.41, 5.74) is 2.22. The van der Waals surface area contributed by atoms with Gasteiger partial charge in [-0.3, -0.25) is 0 Å². The SMILES string of the molecule is C=CC1=C(C=C)CN(C(=O)OC)CC1. The molecule has 0 atom stereocenters. The first-order chi connectivity index (χ1) is 6.72. The van der Waals surface area contributed by atoms with E-state index < -0.39 is 0 Å². The number of carbonyl (C=O) groups is 1. The Kier molecular flexibility index (Phi) is 3.51. The van der Waals surface area contributed by atoms with E-state index >= 15 is 0 Å². The predicted octanol–water partition coefficient (Wildman–Crippen LogP) is 2.13. The van der Waals surface area contributed by atoms with Gasteiger partial charge in [0.15, 0.2) is 0 Å². The molecule has 0 saturated carbocycles. The summed E-state index contributed by atoms with van der Waals surface area (Å²) in [5.74, 6) is 0. The first-order valence-corrected chi connectivity index (χ1v) is 4.52. The molecule has 0 aromatic heterocycles. The first-order valence-electron chi connectivity index (χ1n) is 4.52. The zero-order valence-corrected chi connectivity index (χ0v) is 8.45. The van der Waals surface area contributed by atoms with Crippen molar-refractivity contribution in [1.82, 2.24) is 4.90 Å². The van der Waals surface area contributed by atoms with Crippen LogP contribution in [0.2, 0.25) is 0 Å². The third-order valence-corrected chi connectivity index (χ3v) is 2.35. The van der Waals surface area contributed by atoms with E-state index in [4.69, 9.17) is 0 Å². The highest BCUT2D eigenvalue weighted by molar-refractivity contribution is 5.68. The van der Waals surface area contributed by atoms with Crippen LogP contribution in [0.1, 0.15) is 6.42 Å². The van der Waals surface area contributed by atoms with Gasteiger partial charge in [0.1, 0.15) is 0 Å². The minimum Gasteiger partial charge on any atom is -0.453 e. The molecule has 3 nitrogen and oxygen atoms in total. The molecule has 0 aromatic rings. The molecule has 0 radical (unpaired) electrons. The van der Waals surface area contributed by atoms with Crippen LogP contribution >= 0.6 is 0 Å². The normalized spacial score (nSPS) is 16.5. The third kappa shape index (κ3) is 2.05. The molecule has 0 bridgehead atoms. The smallest absolute Gasteiger partial charge is 0.409 e. The molecule has 0 saturated heterocycles. The second kappa shape index (κ2) is 4.65. The van der Waals surface area contributed by atoms with Crippen molar-refractivity contribution in [1.29, 1.82) is 0 Å². The van der Waals surface area contributed by atoms with Gasteiger partial charge >= 0.3 is 6.09 Å². The maximum Gasteiger partial charge on any atom is 0.409 e. The van der Waals surface area contributed by atoms with Crippen molar-refractivity contribution in [2.45, 2.75) is 6.42 Å². The Morgan fingerprint density at radius 2 is 2.07 bits per heavy atom. The summed E-state index contributed by atoms with van der Waals surface area (Å²) >= 11 is 0. The average Bonchev–Trinajstić information content (AvgIpc) is 2.26. The van der Waals surface area contributed by atoms with Crippen molar-refractivity contribution >= 4 is 6.09 Å². The topological polar surface area (TPSA) is 29.5 Å². The Morgan fingerprint density at radius 3 is 2.57 bits per heavy atom. The van der Waals surface area contributed by atoms with E-state index in [9.17, 15) is 4.79 Å². The lowest BCUT2D eigenvalue weighted by molar-refractivity contribution is 0.126. The average molecular weight is 193 g/mol. The number of methoxy groups -OCH3 is 1. The summed E-state index contributed by atoms with van der Waals surface area (Å²) in [7, 11) is 1.39. The predicted molar refractivity (Wildman–Crippen MR) is 56.0 cm³/mol. The van der Waals surface area contributed by atoms with Crippen LogP contribution in [0.25, 0.3) is 0 Å². The molecule has 0 fully saturated rings. The number of amides is 1. The highest BCUT2D eigenvalue weighted by Gasteiger charge is 2.20. The fourth-order valence-electron chi connectivity index (χ4n) is 1.52. The molecule has 0 unspecified atom stereocenters. The Morgan fingerprint density at radius 1 is 1.43 bits per heavy atom. The Hall–Kier alpha value is -1.51. The number of nitrogens with zero attached hydrogens (tertiary/aromatic N) is 1. The summed E-state index contributed by atoms with van der Waals surface area (Å²) in [6, 6.07) is 0. The van der Waals surface area contributed by atoms with E-state index in [1.807, 2.05) is 6.08 Å². The van der Waals surface area contributed by atoms with Gasteiger partial charge in [0.05, 0.1) is 7.11 Å². The Bertz CT molecular complexity index is 292. The maximum absolute atomic E-state index is 11.2. The van der Waals surface area contributed by atoms with Gasteiger partial charge in [-0.25, -0.2) is 4.79 Å². The van der Waals surface area contributed by atoms with Gasteiger partial charge in [0, 0.05) is 13.1 Å². The molecule has 1 aliphatic heterocycles. The molecular formula is C11H15NO2. The number of rotatable bonds is 2. The molecule has 14 heavy (non-hydrogen) atoms. The van der Waals surface area contributed by atoms with Crippen LogP contribution in [0.15, 0.2) is 36.5 Å². The Labute approximate surface area is 84.3 Å². The van der Waals surface area contributed by atoms with Crippen molar-refractivity contribution in [3.63, 3.8) is 0 Å². The van der Waals surface area contributed by atoms with Crippen molar-refractivity contribution in [3.8, 4) is 0 Å². The quantitative estimate of drug-likeness (QED) is 0.672. The number of allylic oxidation sites excluding steroid dienone is 1. The van der Waals surface area contributed by atoms with Gasteiger partial charge < -0.3 is 9.64 Å². The molecule has 0 aliphatic carbocycles. The van der Waals surface area contributed by atoms with Crippen LogP contribution in [-0.4, -0.2) is 31.2 Å². The zero-order chi connectivity index (χ0) is 10.6. The Balaban J connectivity index is 2.78. The summed E-state index contributed by atoms with van der Waals surface area (Å²) in [6.07, 6.45) is 4.13. The maximum atomic E-state index is 11.2. The van der Waals surface area contributed by atoms with Crippen molar-refractivity contribution in [2.75, 3.05) is 20.2 Å². The summed E-state index contributed by atoms with van der Waals surface area (Å²) < 4.78 is 4.66. The van der Waals surface area contributed by atoms with E-state index in [0.29, 0.717) is 13.1 Å². The van der Waals surface area contributed by atoms with Gasteiger partial charge in [-0.05, 0) is 17.6 Å². The van der Waals surface area contributed by atoms with Crippen molar-refractivity contribution in [2.24, 2.45) is 0 Å². The molecule has 1 rings (SSSR count). The minimum atomic E-state index is -0.285. The van der Waals surface area contributed by atoms with E-state index in [0.717, 1.165) is 12.0 Å². The lowest BCUT2D eigenvalue weighted by atomic mass is 10.0. The van der Waals surface area contributed by atoms with E-state index in [2.05, 4.69) is 17.9 Å². The second-order valence-corrected chi connectivity index (χ2v) is 3.10. The number of hydrogen-bond acceptors (Lipinski definition) is 2. The molecule has 0 spiro atoms. The van der Waals surface area contributed by atoms with Crippen LogP contribution in [0, 0.1) is 0 Å². The minimum absolute atomic E-state index is 0.285. The number of carbonyl (C=O) groups excluding carboxylic acids is 1. The van der Waals surface area contributed by atoms with Crippen LogP contribution in [-0.2, 0) is 4.74 Å². The van der Waals surface area contributed by atoms with Crippen LogP contribution in [0.5, 0.6) is 0 Å². The largest absolute Gasteiger partial charge is 0.453 e. The molecule has 0 aromatic carbocycles. The van der Waals surface area contributed by atoms with E-state index in [-0.39, 0.29) is 6.09 Å². The number of ether oxygens (including phenoxy) is 1. The van der Waals surface area contributed by atoms with E-state index in [1.54, 1.807) is 11.0 Å². The fraction of sp³-hybridized carbons (Fsp3) is 0.364. The molecule has 0 N–H and O–H groups in total. The highest BCUT2D eigenvalue weighted by atomic mass is 16.5. The van der Waals surface area contributed by atoms with Gasteiger partial charge in [-0.15, -0.1) is 0 Å². The summed E-state index contributed by atoms with van der Waals surface area (Å²) in [6.45, 7) is 8.70. The third-order valence-electron chi connectivity index (χ3n) is 2.35. The zero-order valence-electron chi connectivity index (χ0n) is 8.45. The molecule has 76 valence electrons. The first kappa shape index (κ1) is 10.6. The molecule has 1 amide bonds.